The first-order chi connectivity index (χ1) is 23.1. The van der Waals surface area contributed by atoms with E-state index in [2.05, 4.69) is 0 Å². The third-order valence-corrected chi connectivity index (χ3v) is 7.61. The highest BCUT2D eigenvalue weighted by atomic mass is 16.7. The minimum absolute atomic E-state index is 0.0187. The van der Waals surface area contributed by atoms with Crippen molar-refractivity contribution in [3.8, 4) is 28.6 Å². The Balaban J connectivity index is 1.32. The van der Waals surface area contributed by atoms with Crippen molar-refractivity contribution in [1.29, 1.82) is 0 Å². The van der Waals surface area contributed by atoms with Gasteiger partial charge in [0.1, 0.15) is 89.7 Å². The van der Waals surface area contributed by atoms with Crippen LogP contribution in [0.5, 0.6) is 17.2 Å². The maximum absolute atomic E-state index is 12.9. The van der Waals surface area contributed by atoms with E-state index in [4.69, 9.17) is 33.2 Å². The lowest BCUT2D eigenvalue weighted by molar-refractivity contribution is -0.278. The molecular weight excluding hydrogens is 664 g/mol. The van der Waals surface area contributed by atoms with E-state index in [0.717, 1.165) is 18.2 Å². The standard InChI is InChI=1S/C30H30O19/c31-13-5-12(46-30-26(41)23(38)24(39)27(49-30)28(42)43)6-16-20(13)14(32)7-15(47-16)10-1-3-11(4-2-10)45-29-25(40)22(37)21(36)17(48-29)9-44-19(35)8-18(33)34/h1-7,17,21-27,29-31,36-41H,8-9H2,(H,33,34)(H,42,43). The van der Waals surface area contributed by atoms with Crippen molar-refractivity contribution >= 4 is 28.9 Å². The summed E-state index contributed by atoms with van der Waals surface area (Å²) < 4.78 is 32.1. The molecule has 3 heterocycles. The number of carbonyl (C=O) groups is 3. The van der Waals surface area contributed by atoms with Crippen LogP contribution < -0.4 is 14.9 Å². The van der Waals surface area contributed by atoms with Crippen molar-refractivity contribution in [2.75, 3.05) is 6.61 Å². The third-order valence-electron chi connectivity index (χ3n) is 7.61. The van der Waals surface area contributed by atoms with Gasteiger partial charge in [0.2, 0.25) is 12.6 Å². The summed E-state index contributed by atoms with van der Waals surface area (Å²) in [6, 6.07) is 8.77. The predicted molar refractivity (Wildman–Crippen MR) is 155 cm³/mol. The first-order valence-electron chi connectivity index (χ1n) is 14.4. The SMILES string of the molecule is O=C(O)CC(=O)OCC1OC(Oc2ccc(-c3cc(=O)c4c(O)cc(OC5OC(C(=O)O)C(O)C(O)C5O)cc4o3)cc2)C(O)C(O)C1O. The maximum Gasteiger partial charge on any atom is 0.335 e. The molecule has 2 aliphatic heterocycles. The molecule has 10 atom stereocenters. The number of phenols is 1. The van der Waals surface area contributed by atoms with E-state index in [-0.39, 0.29) is 28.2 Å². The van der Waals surface area contributed by atoms with E-state index in [1.54, 1.807) is 0 Å². The second-order valence-corrected chi connectivity index (χ2v) is 11.1. The summed E-state index contributed by atoms with van der Waals surface area (Å²) in [5.74, 6) is -5.03. The molecule has 0 aliphatic carbocycles. The molecule has 3 aromatic rings. The van der Waals surface area contributed by atoms with Crippen LogP contribution in [0.4, 0.5) is 0 Å². The molecule has 10 unspecified atom stereocenters. The Labute approximate surface area is 273 Å². The number of fused-ring (bicyclic) bond motifs is 1. The molecular formula is C30H30O19. The molecule has 19 heteroatoms. The topological polar surface area (TPSA) is 310 Å². The number of carboxylic acids is 2. The Hall–Kier alpha value is -4.86. The van der Waals surface area contributed by atoms with Crippen molar-refractivity contribution in [1.82, 2.24) is 0 Å². The van der Waals surface area contributed by atoms with Crippen molar-refractivity contribution in [3.63, 3.8) is 0 Å². The molecule has 2 saturated heterocycles. The number of rotatable bonds is 10. The molecule has 0 bridgehead atoms. The van der Waals surface area contributed by atoms with Crippen LogP contribution in [0.3, 0.4) is 0 Å². The summed E-state index contributed by atoms with van der Waals surface area (Å²) in [7, 11) is 0. The van der Waals surface area contributed by atoms with Gasteiger partial charge in [0.15, 0.2) is 11.5 Å². The number of ether oxygens (including phenoxy) is 5. The molecule has 1 aromatic heterocycles. The van der Waals surface area contributed by atoms with Gasteiger partial charge in [-0.25, -0.2) is 4.79 Å². The molecule has 9 N–H and O–H groups in total. The number of aliphatic carboxylic acids is 2. The highest BCUT2D eigenvalue weighted by molar-refractivity contribution is 5.90. The van der Waals surface area contributed by atoms with E-state index in [0.29, 0.717) is 5.56 Å². The molecule has 2 aliphatic rings. The molecule has 0 spiro atoms. The minimum Gasteiger partial charge on any atom is -0.507 e. The van der Waals surface area contributed by atoms with Gasteiger partial charge in [-0.05, 0) is 24.3 Å². The Morgan fingerprint density at radius 3 is 1.98 bits per heavy atom. The average Bonchev–Trinajstić information content (AvgIpc) is 3.04. The zero-order valence-electron chi connectivity index (χ0n) is 24.8. The number of hydrogen-bond donors (Lipinski definition) is 9. The first kappa shape index (κ1) is 35.4. The molecule has 5 rings (SSSR count). The molecule has 0 amide bonds. The van der Waals surface area contributed by atoms with E-state index < -0.39 is 104 Å². The summed E-state index contributed by atoms with van der Waals surface area (Å²) in [4.78, 5) is 46.5. The monoisotopic (exact) mass is 694 g/mol. The van der Waals surface area contributed by atoms with Crippen molar-refractivity contribution in [3.05, 3.63) is 52.7 Å². The normalized spacial score (nSPS) is 30.0. The lowest BCUT2D eigenvalue weighted by atomic mass is 9.99. The number of esters is 1. The number of aliphatic hydroxyl groups excluding tert-OH is 6. The summed E-state index contributed by atoms with van der Waals surface area (Å²) in [6.07, 6.45) is -18.7. The van der Waals surface area contributed by atoms with Gasteiger partial charge in [0, 0.05) is 23.8 Å². The third kappa shape index (κ3) is 7.58. The summed E-state index contributed by atoms with van der Waals surface area (Å²) in [6.45, 7) is -0.651. The van der Waals surface area contributed by atoms with Crippen LogP contribution in [0.2, 0.25) is 0 Å². The zero-order chi connectivity index (χ0) is 35.7. The first-order valence-corrected chi connectivity index (χ1v) is 14.4. The highest BCUT2D eigenvalue weighted by Crippen LogP contribution is 2.34. The number of aromatic hydroxyl groups is 1. The van der Waals surface area contributed by atoms with Crippen LogP contribution in [0.1, 0.15) is 6.42 Å². The fourth-order valence-corrected chi connectivity index (χ4v) is 5.07. The predicted octanol–water partition coefficient (Wildman–Crippen LogP) is -2.36. The summed E-state index contributed by atoms with van der Waals surface area (Å²) in [5.41, 5.74) is -0.589. The Morgan fingerprint density at radius 1 is 0.735 bits per heavy atom. The lowest BCUT2D eigenvalue weighted by Crippen LogP contribution is -2.61. The van der Waals surface area contributed by atoms with Gasteiger partial charge in [0.05, 0.1) is 0 Å². The van der Waals surface area contributed by atoms with Gasteiger partial charge in [-0.1, -0.05) is 0 Å². The van der Waals surface area contributed by atoms with E-state index in [1.807, 2.05) is 0 Å². The van der Waals surface area contributed by atoms with Crippen LogP contribution in [-0.2, 0) is 28.6 Å². The van der Waals surface area contributed by atoms with Gasteiger partial charge in [-0.3, -0.25) is 14.4 Å². The smallest absolute Gasteiger partial charge is 0.335 e. The molecule has 0 radical (unpaired) electrons. The number of phenolic OH excluding ortho intramolecular Hbond substituents is 1. The molecule has 2 fully saturated rings. The van der Waals surface area contributed by atoms with Crippen LogP contribution in [0.15, 0.2) is 51.7 Å². The molecule has 49 heavy (non-hydrogen) atoms. The molecule has 19 nitrogen and oxygen atoms in total. The fourth-order valence-electron chi connectivity index (χ4n) is 5.07. The number of benzene rings is 2. The largest absolute Gasteiger partial charge is 0.507 e. The molecule has 0 saturated carbocycles. The van der Waals surface area contributed by atoms with E-state index in [1.165, 1.54) is 24.3 Å². The minimum atomic E-state index is -1.96. The Bertz CT molecular complexity index is 1750. The van der Waals surface area contributed by atoms with E-state index in [9.17, 15) is 60.0 Å². The van der Waals surface area contributed by atoms with E-state index >= 15 is 0 Å². The zero-order valence-corrected chi connectivity index (χ0v) is 24.8. The molecule has 2 aromatic carbocycles. The number of carbonyl (C=O) groups excluding carboxylic acids is 1. The van der Waals surface area contributed by atoms with Crippen LogP contribution >= 0.6 is 0 Å². The van der Waals surface area contributed by atoms with Crippen molar-refractivity contribution in [2.45, 2.75) is 67.8 Å². The van der Waals surface area contributed by atoms with Crippen LogP contribution in [0.25, 0.3) is 22.3 Å². The highest BCUT2D eigenvalue weighted by Gasteiger charge is 2.48. The lowest BCUT2D eigenvalue weighted by Gasteiger charge is -2.39. The number of hydrogen-bond acceptors (Lipinski definition) is 17. The van der Waals surface area contributed by atoms with Crippen molar-refractivity contribution < 1.29 is 88.4 Å². The van der Waals surface area contributed by atoms with Gasteiger partial charge >= 0.3 is 17.9 Å². The second kappa shape index (κ2) is 14.3. The maximum atomic E-state index is 12.9. The summed E-state index contributed by atoms with van der Waals surface area (Å²) in [5, 5.41) is 89.2. The van der Waals surface area contributed by atoms with Crippen LogP contribution in [0, 0.1) is 0 Å². The fraction of sp³-hybridized carbons (Fsp3) is 0.400. The van der Waals surface area contributed by atoms with Gasteiger partial charge in [0.25, 0.3) is 0 Å². The summed E-state index contributed by atoms with van der Waals surface area (Å²) >= 11 is 0. The number of carboxylic acid groups (broad SMARTS) is 2. The van der Waals surface area contributed by atoms with Gasteiger partial charge in [-0.15, -0.1) is 0 Å². The quantitative estimate of drug-likeness (QED) is 0.0792. The second-order valence-electron chi connectivity index (χ2n) is 11.1. The van der Waals surface area contributed by atoms with Gasteiger partial charge < -0.3 is 74.1 Å². The van der Waals surface area contributed by atoms with Crippen molar-refractivity contribution in [2.24, 2.45) is 0 Å². The Morgan fingerprint density at radius 2 is 1.35 bits per heavy atom. The van der Waals surface area contributed by atoms with Gasteiger partial charge in [-0.2, -0.15) is 0 Å². The number of aliphatic hydroxyl groups is 6. The molecule has 264 valence electrons. The van der Waals surface area contributed by atoms with Crippen LogP contribution in [-0.4, -0.2) is 132 Å². The average molecular weight is 695 g/mol. The Kier molecular flexibility index (Phi) is 10.4.